The third-order valence-corrected chi connectivity index (χ3v) is 3.07. The van der Waals surface area contributed by atoms with E-state index in [0.717, 1.165) is 11.3 Å². The molecule has 0 aliphatic rings. The molecule has 0 aliphatic carbocycles. The Bertz CT molecular complexity index is 438. The average Bonchev–Trinajstić information content (AvgIpc) is 2.33. The van der Waals surface area contributed by atoms with Gasteiger partial charge < -0.3 is 10.1 Å². The summed E-state index contributed by atoms with van der Waals surface area (Å²) in [6.45, 7) is 4.99. The number of hydrogen-bond donors (Lipinski definition) is 1. The third-order valence-electron chi connectivity index (χ3n) is 2.72. The molecule has 0 amide bonds. The zero-order chi connectivity index (χ0) is 13.6. The molecule has 3 nitrogen and oxygen atoms in total. The van der Waals surface area contributed by atoms with Crippen LogP contribution in [0.25, 0.3) is 0 Å². The SMILES string of the molecule is CNCc1c(Cl)cccc1OCCC(C)(C)C#N. The summed E-state index contributed by atoms with van der Waals surface area (Å²) in [6.07, 6.45) is 0.689. The predicted octanol–water partition coefficient (Wildman–Crippen LogP) is 3.38. The number of halogens is 1. The van der Waals surface area contributed by atoms with Crippen molar-refractivity contribution in [2.45, 2.75) is 26.8 Å². The van der Waals surface area contributed by atoms with Gasteiger partial charge in [0, 0.05) is 17.1 Å². The van der Waals surface area contributed by atoms with Crippen molar-refractivity contribution in [1.29, 1.82) is 5.26 Å². The molecule has 1 rings (SSSR count). The molecule has 0 heterocycles. The predicted molar refractivity (Wildman–Crippen MR) is 73.7 cm³/mol. The van der Waals surface area contributed by atoms with Gasteiger partial charge in [0.1, 0.15) is 5.75 Å². The molecule has 4 heteroatoms. The fourth-order valence-corrected chi connectivity index (χ4v) is 1.73. The normalized spacial score (nSPS) is 11.1. The van der Waals surface area contributed by atoms with Crippen molar-refractivity contribution in [3.05, 3.63) is 28.8 Å². The summed E-state index contributed by atoms with van der Waals surface area (Å²) in [7, 11) is 1.87. The first-order chi connectivity index (χ1) is 8.50. The van der Waals surface area contributed by atoms with Gasteiger partial charge in [0.05, 0.1) is 18.1 Å². The highest BCUT2D eigenvalue weighted by Crippen LogP contribution is 2.27. The van der Waals surface area contributed by atoms with Crippen LogP contribution in [0, 0.1) is 16.7 Å². The van der Waals surface area contributed by atoms with Gasteiger partial charge in [-0.25, -0.2) is 0 Å². The van der Waals surface area contributed by atoms with Crippen LogP contribution in [0.15, 0.2) is 18.2 Å². The van der Waals surface area contributed by atoms with Crippen LogP contribution in [-0.2, 0) is 6.54 Å². The van der Waals surface area contributed by atoms with Gasteiger partial charge in [-0.1, -0.05) is 17.7 Å². The summed E-state index contributed by atoms with van der Waals surface area (Å²) in [5, 5.41) is 12.7. The van der Waals surface area contributed by atoms with E-state index in [9.17, 15) is 0 Å². The number of nitriles is 1. The lowest BCUT2D eigenvalue weighted by molar-refractivity contribution is 0.262. The lowest BCUT2D eigenvalue weighted by Gasteiger charge is -2.17. The van der Waals surface area contributed by atoms with Crippen molar-refractivity contribution in [3.8, 4) is 11.8 Å². The Morgan fingerprint density at radius 3 is 2.78 bits per heavy atom. The van der Waals surface area contributed by atoms with E-state index in [0.29, 0.717) is 24.6 Å². The number of rotatable bonds is 6. The summed E-state index contributed by atoms with van der Waals surface area (Å²) < 4.78 is 5.73. The van der Waals surface area contributed by atoms with E-state index >= 15 is 0 Å². The van der Waals surface area contributed by atoms with Crippen molar-refractivity contribution in [1.82, 2.24) is 5.32 Å². The van der Waals surface area contributed by atoms with Crippen molar-refractivity contribution in [2.24, 2.45) is 5.41 Å². The maximum absolute atomic E-state index is 8.94. The van der Waals surface area contributed by atoms with Crippen LogP contribution < -0.4 is 10.1 Å². The topological polar surface area (TPSA) is 45.0 Å². The molecular formula is C14H19ClN2O. The fraction of sp³-hybridized carbons (Fsp3) is 0.500. The summed E-state index contributed by atoms with van der Waals surface area (Å²) in [6, 6.07) is 7.88. The fourth-order valence-electron chi connectivity index (χ4n) is 1.49. The highest BCUT2D eigenvalue weighted by Gasteiger charge is 2.17. The summed E-state index contributed by atoms with van der Waals surface area (Å²) in [4.78, 5) is 0. The first kappa shape index (κ1) is 14.8. The second-order valence-corrected chi connectivity index (χ2v) is 5.25. The summed E-state index contributed by atoms with van der Waals surface area (Å²) >= 11 is 6.13. The molecule has 18 heavy (non-hydrogen) atoms. The second kappa shape index (κ2) is 6.63. The third kappa shape index (κ3) is 4.21. The number of benzene rings is 1. The Labute approximate surface area is 114 Å². The first-order valence-electron chi connectivity index (χ1n) is 5.96. The lowest BCUT2D eigenvalue weighted by atomic mass is 9.92. The Morgan fingerprint density at radius 2 is 2.17 bits per heavy atom. The van der Waals surface area contributed by atoms with Crippen LogP contribution >= 0.6 is 11.6 Å². The molecule has 0 radical (unpaired) electrons. The summed E-state index contributed by atoms with van der Waals surface area (Å²) in [5.74, 6) is 0.783. The molecule has 0 spiro atoms. The van der Waals surface area contributed by atoms with Crippen molar-refractivity contribution in [3.63, 3.8) is 0 Å². The van der Waals surface area contributed by atoms with Crippen molar-refractivity contribution in [2.75, 3.05) is 13.7 Å². The molecule has 0 aromatic heterocycles. The molecular weight excluding hydrogens is 248 g/mol. The van der Waals surface area contributed by atoms with E-state index in [1.807, 2.05) is 39.1 Å². The van der Waals surface area contributed by atoms with Gasteiger partial charge in [-0.05, 0) is 39.4 Å². The molecule has 1 aromatic carbocycles. The lowest BCUT2D eigenvalue weighted by Crippen LogP contribution is -2.14. The highest BCUT2D eigenvalue weighted by atomic mass is 35.5. The zero-order valence-corrected chi connectivity index (χ0v) is 11.8. The van der Waals surface area contributed by atoms with E-state index in [4.69, 9.17) is 21.6 Å². The standard InChI is InChI=1S/C14H19ClN2O/c1-14(2,10-16)7-8-18-13-6-4-5-12(15)11(13)9-17-3/h4-6,17H,7-9H2,1-3H3. The van der Waals surface area contributed by atoms with Gasteiger partial charge in [0.25, 0.3) is 0 Å². The quantitative estimate of drug-likeness (QED) is 0.859. The number of nitrogens with zero attached hydrogens (tertiary/aromatic N) is 1. The van der Waals surface area contributed by atoms with Crippen LogP contribution in [-0.4, -0.2) is 13.7 Å². The maximum atomic E-state index is 8.94. The minimum Gasteiger partial charge on any atom is -0.493 e. The zero-order valence-electron chi connectivity index (χ0n) is 11.1. The van der Waals surface area contributed by atoms with E-state index in [2.05, 4.69) is 11.4 Å². The van der Waals surface area contributed by atoms with E-state index < -0.39 is 0 Å². The van der Waals surface area contributed by atoms with Crippen LogP contribution in [0.4, 0.5) is 0 Å². The smallest absolute Gasteiger partial charge is 0.125 e. The van der Waals surface area contributed by atoms with Crippen LogP contribution in [0.2, 0.25) is 5.02 Å². The first-order valence-corrected chi connectivity index (χ1v) is 6.34. The van der Waals surface area contributed by atoms with Crippen LogP contribution in [0.1, 0.15) is 25.8 Å². The monoisotopic (exact) mass is 266 g/mol. The van der Waals surface area contributed by atoms with Crippen molar-refractivity contribution < 1.29 is 4.74 Å². The molecule has 98 valence electrons. The molecule has 1 aromatic rings. The molecule has 0 saturated carbocycles. The minimum atomic E-state index is -0.359. The van der Waals surface area contributed by atoms with Gasteiger partial charge in [-0.3, -0.25) is 0 Å². The van der Waals surface area contributed by atoms with Crippen LogP contribution in [0.3, 0.4) is 0 Å². The molecule has 0 saturated heterocycles. The molecule has 1 N–H and O–H groups in total. The largest absolute Gasteiger partial charge is 0.493 e. The van der Waals surface area contributed by atoms with Crippen LogP contribution in [0.5, 0.6) is 5.75 Å². The molecule has 0 bridgehead atoms. The Balaban J connectivity index is 2.68. The van der Waals surface area contributed by atoms with Gasteiger partial charge in [0.15, 0.2) is 0 Å². The average molecular weight is 267 g/mol. The second-order valence-electron chi connectivity index (χ2n) is 4.84. The van der Waals surface area contributed by atoms with Gasteiger partial charge >= 0.3 is 0 Å². The number of hydrogen-bond acceptors (Lipinski definition) is 3. The Morgan fingerprint density at radius 1 is 1.44 bits per heavy atom. The van der Waals surface area contributed by atoms with E-state index in [-0.39, 0.29) is 5.41 Å². The maximum Gasteiger partial charge on any atom is 0.125 e. The van der Waals surface area contributed by atoms with Crippen molar-refractivity contribution >= 4 is 11.6 Å². The molecule has 0 fully saturated rings. The van der Waals surface area contributed by atoms with E-state index in [1.54, 1.807) is 0 Å². The Kier molecular flexibility index (Phi) is 5.46. The number of nitrogens with one attached hydrogen (secondary N) is 1. The molecule has 0 atom stereocenters. The Hall–Kier alpha value is -1.24. The number of ether oxygens (including phenoxy) is 1. The highest BCUT2D eigenvalue weighted by molar-refractivity contribution is 6.31. The molecule has 0 aliphatic heterocycles. The van der Waals surface area contributed by atoms with E-state index in [1.165, 1.54) is 0 Å². The van der Waals surface area contributed by atoms with Gasteiger partial charge in [-0.15, -0.1) is 0 Å². The summed E-state index contributed by atoms with van der Waals surface area (Å²) in [5.41, 5.74) is 0.596. The van der Waals surface area contributed by atoms with Gasteiger partial charge in [-0.2, -0.15) is 5.26 Å². The minimum absolute atomic E-state index is 0.359. The van der Waals surface area contributed by atoms with Gasteiger partial charge in [0.2, 0.25) is 0 Å². The molecule has 0 unspecified atom stereocenters.